The largest absolute Gasteiger partial charge is 0.361 e. The molecule has 88 valence electrons. The zero-order valence-corrected chi connectivity index (χ0v) is 9.99. The number of hydrogen-bond acceptors (Lipinski definition) is 2. The lowest BCUT2D eigenvalue weighted by Gasteiger charge is -1.96. The van der Waals surface area contributed by atoms with E-state index in [0.717, 1.165) is 16.5 Å². The maximum atomic E-state index is 10.8. The molecule has 0 aliphatic rings. The molecule has 0 saturated carbocycles. The van der Waals surface area contributed by atoms with Crippen LogP contribution in [0.2, 0.25) is 5.02 Å². The molecule has 0 fully saturated rings. The molecule has 4 nitrogen and oxygen atoms in total. The summed E-state index contributed by atoms with van der Waals surface area (Å²) < 4.78 is 0. The van der Waals surface area contributed by atoms with Crippen molar-refractivity contribution in [3.63, 3.8) is 0 Å². The van der Waals surface area contributed by atoms with Crippen LogP contribution in [-0.2, 0) is 0 Å². The summed E-state index contributed by atoms with van der Waals surface area (Å²) in [6.45, 7) is 1.76. The fraction of sp³-hybridized carbons (Fsp3) is 0.167. The van der Waals surface area contributed by atoms with Gasteiger partial charge in [0.15, 0.2) is 0 Å². The lowest BCUT2D eigenvalue weighted by atomic mass is 10.1. The third-order valence-electron chi connectivity index (χ3n) is 2.60. The minimum absolute atomic E-state index is 0.172. The number of nitro groups is 1. The second kappa shape index (κ2) is 4.59. The van der Waals surface area contributed by atoms with Crippen molar-refractivity contribution in [2.24, 2.45) is 0 Å². The second-order valence-electron chi connectivity index (χ2n) is 3.65. The SMILES string of the molecule is CCC(=Cc1c[nH]c2cccc(Cl)c12)[N+](=O)[O-]. The average Bonchev–Trinajstić information content (AvgIpc) is 2.70. The number of aromatic nitrogens is 1. The monoisotopic (exact) mass is 250 g/mol. The second-order valence-corrected chi connectivity index (χ2v) is 4.06. The Kier molecular flexibility index (Phi) is 3.15. The molecule has 0 saturated heterocycles. The Bertz CT molecular complexity index is 602. The van der Waals surface area contributed by atoms with Gasteiger partial charge in [-0.15, -0.1) is 0 Å². The normalized spacial score (nSPS) is 12.0. The Balaban J connectivity index is 2.60. The smallest absolute Gasteiger partial charge is 0.246 e. The van der Waals surface area contributed by atoms with Gasteiger partial charge in [-0.2, -0.15) is 0 Å². The molecule has 1 heterocycles. The van der Waals surface area contributed by atoms with E-state index in [0.29, 0.717) is 11.4 Å². The van der Waals surface area contributed by atoms with Crippen molar-refractivity contribution in [3.8, 4) is 0 Å². The summed E-state index contributed by atoms with van der Waals surface area (Å²) in [4.78, 5) is 13.5. The van der Waals surface area contributed by atoms with E-state index in [1.165, 1.54) is 0 Å². The molecule has 0 bridgehead atoms. The van der Waals surface area contributed by atoms with Gasteiger partial charge in [0.25, 0.3) is 0 Å². The van der Waals surface area contributed by atoms with Crippen LogP contribution < -0.4 is 0 Å². The van der Waals surface area contributed by atoms with Crippen LogP contribution in [0.15, 0.2) is 30.1 Å². The van der Waals surface area contributed by atoms with Gasteiger partial charge in [-0.1, -0.05) is 24.6 Å². The fourth-order valence-corrected chi connectivity index (χ4v) is 2.03. The molecule has 2 aromatic rings. The molecule has 2 rings (SSSR count). The Hall–Kier alpha value is -1.81. The molecule has 1 N–H and O–H groups in total. The van der Waals surface area contributed by atoms with E-state index < -0.39 is 0 Å². The minimum atomic E-state index is -0.365. The topological polar surface area (TPSA) is 58.9 Å². The van der Waals surface area contributed by atoms with Crippen LogP contribution in [0.5, 0.6) is 0 Å². The number of halogens is 1. The van der Waals surface area contributed by atoms with Crippen molar-refractivity contribution in [3.05, 3.63) is 50.8 Å². The zero-order valence-electron chi connectivity index (χ0n) is 9.24. The predicted octanol–water partition coefficient (Wildman–Crippen LogP) is 3.85. The summed E-state index contributed by atoms with van der Waals surface area (Å²) in [5.74, 6) is 0. The van der Waals surface area contributed by atoms with Crippen LogP contribution in [0, 0.1) is 10.1 Å². The van der Waals surface area contributed by atoms with Crippen LogP contribution in [0.3, 0.4) is 0 Å². The summed E-state index contributed by atoms with van der Waals surface area (Å²) in [6.07, 6.45) is 3.67. The zero-order chi connectivity index (χ0) is 12.4. The maximum Gasteiger partial charge on any atom is 0.246 e. The lowest BCUT2D eigenvalue weighted by molar-refractivity contribution is -0.425. The molecule has 0 radical (unpaired) electrons. The Morgan fingerprint density at radius 1 is 1.59 bits per heavy atom. The van der Waals surface area contributed by atoms with Crippen LogP contribution in [0.4, 0.5) is 0 Å². The number of aromatic amines is 1. The van der Waals surface area contributed by atoms with Crippen LogP contribution in [0.25, 0.3) is 17.0 Å². The first-order valence-corrected chi connectivity index (χ1v) is 5.62. The standard InChI is InChI=1S/C12H11ClN2O2/c1-2-9(15(16)17)6-8-7-14-11-5-3-4-10(13)12(8)11/h3-7,14H,2H2,1H3. The van der Waals surface area contributed by atoms with E-state index in [2.05, 4.69) is 4.98 Å². The average molecular weight is 251 g/mol. The molecule has 1 aromatic heterocycles. The lowest BCUT2D eigenvalue weighted by Crippen LogP contribution is -1.96. The molecule has 0 atom stereocenters. The highest BCUT2D eigenvalue weighted by atomic mass is 35.5. The molecular formula is C12H11ClN2O2. The van der Waals surface area contributed by atoms with E-state index in [1.54, 1.807) is 25.3 Å². The summed E-state index contributed by atoms with van der Waals surface area (Å²) in [6, 6.07) is 5.49. The number of rotatable bonds is 3. The molecule has 0 spiro atoms. The Morgan fingerprint density at radius 2 is 2.35 bits per heavy atom. The number of benzene rings is 1. The molecule has 0 amide bonds. The number of nitrogens with one attached hydrogen (secondary N) is 1. The van der Waals surface area contributed by atoms with Crippen LogP contribution in [0.1, 0.15) is 18.9 Å². The molecular weight excluding hydrogens is 240 g/mol. The van der Waals surface area contributed by atoms with Crippen LogP contribution in [-0.4, -0.2) is 9.91 Å². The molecule has 5 heteroatoms. The molecule has 0 aliphatic carbocycles. The van der Waals surface area contributed by atoms with E-state index in [-0.39, 0.29) is 10.6 Å². The van der Waals surface area contributed by atoms with Crippen LogP contribution >= 0.6 is 11.6 Å². The van der Waals surface area contributed by atoms with Crippen molar-refractivity contribution in [2.45, 2.75) is 13.3 Å². The summed E-state index contributed by atoms with van der Waals surface area (Å²) in [5.41, 5.74) is 1.80. The summed E-state index contributed by atoms with van der Waals surface area (Å²) in [7, 11) is 0. The van der Waals surface area contributed by atoms with Crippen molar-refractivity contribution >= 4 is 28.6 Å². The first kappa shape index (κ1) is 11.7. The molecule has 0 aliphatic heterocycles. The van der Waals surface area contributed by atoms with Gasteiger partial charge in [-0.3, -0.25) is 10.1 Å². The Morgan fingerprint density at radius 3 is 3.00 bits per heavy atom. The van der Waals surface area contributed by atoms with Gasteiger partial charge in [0, 0.05) is 35.2 Å². The third kappa shape index (κ3) is 2.17. The summed E-state index contributed by atoms with van der Waals surface area (Å²) >= 11 is 6.09. The van der Waals surface area contributed by atoms with E-state index >= 15 is 0 Å². The van der Waals surface area contributed by atoms with Gasteiger partial charge in [-0.25, -0.2) is 0 Å². The van der Waals surface area contributed by atoms with Gasteiger partial charge < -0.3 is 4.98 Å². The molecule has 1 aromatic carbocycles. The van der Waals surface area contributed by atoms with Gasteiger partial charge in [0.05, 0.1) is 9.95 Å². The van der Waals surface area contributed by atoms with Gasteiger partial charge in [-0.05, 0) is 12.1 Å². The number of nitrogens with zero attached hydrogens (tertiary/aromatic N) is 1. The number of hydrogen-bond donors (Lipinski definition) is 1. The van der Waals surface area contributed by atoms with Gasteiger partial charge >= 0.3 is 0 Å². The number of allylic oxidation sites excluding steroid dienone is 1. The van der Waals surface area contributed by atoms with Crippen molar-refractivity contribution in [2.75, 3.05) is 0 Å². The summed E-state index contributed by atoms with van der Waals surface area (Å²) in [5, 5.41) is 12.2. The highest BCUT2D eigenvalue weighted by Crippen LogP contribution is 2.28. The van der Waals surface area contributed by atoms with Crippen molar-refractivity contribution in [1.82, 2.24) is 4.98 Å². The van der Waals surface area contributed by atoms with Crippen molar-refractivity contribution in [1.29, 1.82) is 0 Å². The quantitative estimate of drug-likeness (QED) is 0.664. The van der Waals surface area contributed by atoms with E-state index in [4.69, 9.17) is 11.6 Å². The highest BCUT2D eigenvalue weighted by molar-refractivity contribution is 6.36. The highest BCUT2D eigenvalue weighted by Gasteiger charge is 2.11. The first-order chi connectivity index (χ1) is 8.13. The third-order valence-corrected chi connectivity index (χ3v) is 2.92. The van der Waals surface area contributed by atoms with E-state index in [1.807, 2.05) is 12.1 Å². The van der Waals surface area contributed by atoms with Crippen molar-refractivity contribution < 1.29 is 4.92 Å². The Labute approximate surface area is 103 Å². The van der Waals surface area contributed by atoms with Gasteiger partial charge in [0.2, 0.25) is 5.70 Å². The molecule has 0 unspecified atom stereocenters. The maximum absolute atomic E-state index is 10.8. The fourth-order valence-electron chi connectivity index (χ4n) is 1.74. The number of fused-ring (bicyclic) bond motifs is 1. The number of H-pyrrole nitrogens is 1. The van der Waals surface area contributed by atoms with E-state index in [9.17, 15) is 10.1 Å². The predicted molar refractivity (Wildman–Crippen MR) is 68.6 cm³/mol. The minimum Gasteiger partial charge on any atom is -0.361 e. The van der Waals surface area contributed by atoms with Gasteiger partial charge in [0.1, 0.15) is 0 Å². The molecule has 17 heavy (non-hydrogen) atoms. The first-order valence-electron chi connectivity index (χ1n) is 5.24.